The molecule has 2 N–H and O–H groups in total. The normalized spacial score (nSPS) is 25.1. The molecule has 184 valence electrons. The summed E-state index contributed by atoms with van der Waals surface area (Å²) in [4.78, 5) is 53.2. The number of anilines is 1. The lowest BCUT2D eigenvalue weighted by molar-refractivity contribution is -0.384. The first-order chi connectivity index (χ1) is 17.3. The second-order valence-corrected chi connectivity index (χ2v) is 9.68. The number of methoxy groups -OCH3 is 1. The largest absolute Gasteiger partial charge is 0.496 e. The standard InChI is InChI=1S/C25H21N3O7S/c1-35-15-9-10-16(17(12-15)28(33)34)27-22(29)19-20(23(27)30)25(24(31)32,13-14-6-3-2-4-7-14)26-21(19)18-8-5-11-36-18/h2-12,19-21,26H,13H2,1H3,(H,31,32)/t19-,20+,21-,25-/m0/s1. The lowest BCUT2D eigenvalue weighted by atomic mass is 9.76. The minimum absolute atomic E-state index is 0.0518. The van der Waals surface area contributed by atoms with E-state index < -0.39 is 51.8 Å². The Morgan fingerprint density at radius 1 is 1.17 bits per heavy atom. The summed E-state index contributed by atoms with van der Waals surface area (Å²) in [5, 5.41) is 27.3. The molecule has 2 fully saturated rings. The van der Waals surface area contributed by atoms with Crippen LogP contribution in [-0.4, -0.2) is 40.5 Å². The molecule has 2 aliphatic rings. The number of nitro benzene ring substituents is 1. The molecule has 5 rings (SSSR count). The number of thiophene rings is 1. The van der Waals surface area contributed by atoms with E-state index in [4.69, 9.17) is 4.74 Å². The number of aliphatic carboxylic acids is 1. The first kappa shape index (κ1) is 23.6. The van der Waals surface area contributed by atoms with E-state index in [9.17, 15) is 29.6 Å². The van der Waals surface area contributed by atoms with Crippen LogP contribution >= 0.6 is 11.3 Å². The van der Waals surface area contributed by atoms with E-state index in [1.54, 1.807) is 47.8 Å². The van der Waals surface area contributed by atoms with E-state index >= 15 is 0 Å². The number of hydrogen-bond acceptors (Lipinski definition) is 8. The van der Waals surface area contributed by atoms with E-state index in [0.717, 1.165) is 11.0 Å². The summed E-state index contributed by atoms with van der Waals surface area (Å²) in [5.41, 5.74) is -1.83. The van der Waals surface area contributed by atoms with Gasteiger partial charge in [0.25, 0.3) is 5.69 Å². The molecule has 2 aromatic carbocycles. The van der Waals surface area contributed by atoms with Gasteiger partial charge in [0.1, 0.15) is 17.0 Å². The Morgan fingerprint density at radius 2 is 1.92 bits per heavy atom. The Kier molecular flexibility index (Phi) is 5.81. The zero-order valence-electron chi connectivity index (χ0n) is 19.0. The van der Waals surface area contributed by atoms with Crippen molar-refractivity contribution in [3.8, 4) is 5.75 Å². The van der Waals surface area contributed by atoms with E-state index in [1.165, 1.54) is 30.6 Å². The van der Waals surface area contributed by atoms with Crippen LogP contribution in [0.5, 0.6) is 5.75 Å². The highest BCUT2D eigenvalue weighted by atomic mass is 32.1. The molecule has 0 bridgehead atoms. The number of fused-ring (bicyclic) bond motifs is 1. The number of nitrogens with one attached hydrogen (secondary N) is 1. The second-order valence-electron chi connectivity index (χ2n) is 8.70. The highest BCUT2D eigenvalue weighted by Crippen LogP contribution is 2.52. The van der Waals surface area contributed by atoms with Gasteiger partial charge in [-0.15, -0.1) is 11.3 Å². The SMILES string of the molecule is COc1ccc(N2C(=O)[C@@H]3[C@H](c4cccs4)N[C@](Cc4ccccc4)(C(=O)O)[C@H]3C2=O)c([N+](=O)[O-])c1. The Bertz CT molecular complexity index is 1360. The average molecular weight is 508 g/mol. The van der Waals surface area contributed by atoms with Gasteiger partial charge in [0.2, 0.25) is 11.8 Å². The lowest BCUT2D eigenvalue weighted by Crippen LogP contribution is -2.57. The van der Waals surface area contributed by atoms with E-state index in [2.05, 4.69) is 5.32 Å². The lowest BCUT2D eigenvalue weighted by Gasteiger charge is -2.31. The van der Waals surface area contributed by atoms with Gasteiger partial charge < -0.3 is 9.84 Å². The Balaban J connectivity index is 1.67. The monoisotopic (exact) mass is 507 g/mol. The molecule has 11 heteroatoms. The van der Waals surface area contributed by atoms with Crippen molar-refractivity contribution in [3.05, 3.63) is 86.6 Å². The van der Waals surface area contributed by atoms with E-state index in [0.29, 0.717) is 10.4 Å². The van der Waals surface area contributed by atoms with Crippen LogP contribution < -0.4 is 15.0 Å². The van der Waals surface area contributed by atoms with E-state index in [1.807, 2.05) is 0 Å². The van der Waals surface area contributed by atoms with Crippen LogP contribution in [0.15, 0.2) is 66.0 Å². The van der Waals surface area contributed by atoms with Crippen LogP contribution in [0.3, 0.4) is 0 Å². The first-order valence-electron chi connectivity index (χ1n) is 11.1. The van der Waals surface area contributed by atoms with Crippen LogP contribution in [0.4, 0.5) is 11.4 Å². The van der Waals surface area contributed by atoms with Crippen molar-refractivity contribution in [2.45, 2.75) is 18.0 Å². The molecule has 3 aromatic rings. The van der Waals surface area contributed by atoms with Gasteiger partial charge in [-0.05, 0) is 29.1 Å². The summed E-state index contributed by atoms with van der Waals surface area (Å²) in [7, 11) is 1.34. The molecule has 0 spiro atoms. The maximum atomic E-state index is 13.9. The van der Waals surface area contributed by atoms with E-state index in [-0.39, 0.29) is 17.9 Å². The summed E-state index contributed by atoms with van der Waals surface area (Å²) < 4.78 is 5.07. The number of benzene rings is 2. The Labute approximate surface area is 209 Å². The van der Waals surface area contributed by atoms with Crippen LogP contribution in [0, 0.1) is 22.0 Å². The number of hydrogen-bond donors (Lipinski definition) is 2. The number of carbonyl (C=O) groups is 3. The van der Waals surface area contributed by atoms with Crippen molar-refractivity contribution in [1.29, 1.82) is 0 Å². The molecule has 2 saturated heterocycles. The maximum Gasteiger partial charge on any atom is 0.325 e. The van der Waals surface area contributed by atoms with Gasteiger partial charge in [-0.25, -0.2) is 4.90 Å². The van der Waals surface area contributed by atoms with Crippen molar-refractivity contribution in [3.63, 3.8) is 0 Å². The van der Waals surface area contributed by atoms with Crippen molar-refractivity contribution >= 4 is 40.5 Å². The number of carboxylic acids is 1. The molecule has 0 unspecified atom stereocenters. The predicted molar refractivity (Wildman–Crippen MR) is 130 cm³/mol. The number of imide groups is 1. The quantitative estimate of drug-likeness (QED) is 0.282. The van der Waals surface area contributed by atoms with Crippen molar-refractivity contribution in [2.75, 3.05) is 12.0 Å². The van der Waals surface area contributed by atoms with Crippen molar-refractivity contribution in [1.82, 2.24) is 5.32 Å². The fourth-order valence-corrected chi connectivity index (χ4v) is 6.09. The number of amides is 2. The van der Waals surface area contributed by atoms with Crippen LogP contribution in [0.2, 0.25) is 0 Å². The van der Waals surface area contributed by atoms with Crippen LogP contribution in [0.1, 0.15) is 16.5 Å². The molecule has 2 aliphatic heterocycles. The minimum atomic E-state index is -1.80. The fourth-order valence-electron chi connectivity index (χ4n) is 5.27. The fraction of sp³-hybridized carbons (Fsp3) is 0.240. The third-order valence-corrected chi connectivity index (χ3v) is 7.79. The summed E-state index contributed by atoms with van der Waals surface area (Å²) in [6, 6.07) is 15.5. The molecule has 0 radical (unpaired) electrons. The summed E-state index contributed by atoms with van der Waals surface area (Å²) in [5.74, 6) is -4.89. The molecule has 0 saturated carbocycles. The van der Waals surface area contributed by atoms with Gasteiger partial charge in [-0.2, -0.15) is 0 Å². The molecule has 0 aliphatic carbocycles. The van der Waals surface area contributed by atoms with Gasteiger partial charge >= 0.3 is 5.97 Å². The van der Waals surface area contributed by atoms with Gasteiger partial charge in [0, 0.05) is 11.3 Å². The number of carbonyl (C=O) groups excluding carboxylic acids is 2. The highest BCUT2D eigenvalue weighted by Gasteiger charge is 2.69. The van der Waals surface area contributed by atoms with Crippen molar-refractivity contribution < 1.29 is 29.2 Å². The van der Waals surface area contributed by atoms with Crippen LogP contribution in [-0.2, 0) is 20.8 Å². The molecule has 3 heterocycles. The Hall–Kier alpha value is -4.09. The molecule has 2 amide bonds. The number of nitro groups is 1. The minimum Gasteiger partial charge on any atom is -0.496 e. The third-order valence-electron chi connectivity index (χ3n) is 6.83. The third kappa shape index (κ3) is 3.55. The topological polar surface area (TPSA) is 139 Å². The maximum absolute atomic E-state index is 13.9. The first-order valence-corrected chi connectivity index (χ1v) is 11.9. The summed E-state index contributed by atoms with van der Waals surface area (Å²) in [6.45, 7) is 0. The highest BCUT2D eigenvalue weighted by molar-refractivity contribution is 7.10. The smallest absolute Gasteiger partial charge is 0.325 e. The zero-order valence-corrected chi connectivity index (χ0v) is 19.8. The number of nitrogens with zero attached hydrogens (tertiary/aromatic N) is 2. The van der Waals surface area contributed by atoms with Crippen molar-refractivity contribution in [2.24, 2.45) is 11.8 Å². The van der Waals surface area contributed by atoms with Gasteiger partial charge in [0.05, 0.1) is 36.0 Å². The van der Waals surface area contributed by atoms with Crippen LogP contribution in [0.25, 0.3) is 0 Å². The number of carboxylic acid groups (broad SMARTS) is 1. The molecule has 10 nitrogen and oxygen atoms in total. The molecule has 1 aromatic heterocycles. The molecular formula is C25H21N3O7S. The summed E-state index contributed by atoms with van der Waals surface area (Å²) >= 11 is 1.34. The zero-order chi connectivity index (χ0) is 25.6. The predicted octanol–water partition coefficient (Wildman–Crippen LogP) is 3.18. The van der Waals surface area contributed by atoms with Gasteiger partial charge in [0.15, 0.2) is 0 Å². The molecule has 36 heavy (non-hydrogen) atoms. The number of rotatable bonds is 7. The Morgan fingerprint density at radius 3 is 2.53 bits per heavy atom. The van der Waals surface area contributed by atoms with Gasteiger partial charge in [-0.3, -0.25) is 29.8 Å². The molecular weight excluding hydrogens is 486 g/mol. The summed E-state index contributed by atoms with van der Waals surface area (Å²) in [6.07, 6.45) is -0.0518. The number of ether oxygens (including phenoxy) is 1. The second kappa shape index (κ2) is 8.85. The molecule has 4 atom stereocenters. The average Bonchev–Trinajstić information content (AvgIpc) is 3.57. The van der Waals surface area contributed by atoms with Gasteiger partial charge in [-0.1, -0.05) is 36.4 Å².